The van der Waals surface area contributed by atoms with Gasteiger partial charge in [0, 0.05) is 11.8 Å². The third-order valence-corrected chi connectivity index (χ3v) is 6.27. The molecule has 2 aromatic rings. The summed E-state index contributed by atoms with van der Waals surface area (Å²) in [6.45, 7) is 4.72. The molecule has 1 saturated heterocycles. The Kier molecular flexibility index (Phi) is 4.87. The smallest absolute Gasteiger partial charge is 0.326 e. The first kappa shape index (κ1) is 17.4. The van der Waals surface area contributed by atoms with Gasteiger partial charge in [0.05, 0.1) is 23.5 Å². The monoisotopic (exact) mass is 384 g/mol. The Morgan fingerprint density at radius 3 is 2.77 bits per heavy atom. The first-order valence-corrected chi connectivity index (χ1v) is 10.3. The Bertz CT molecular complexity index is 1080. The molecule has 2 aliphatic rings. The number of para-hydroxylation sites is 1. The summed E-state index contributed by atoms with van der Waals surface area (Å²) in [5.41, 5.74) is 1.04. The van der Waals surface area contributed by atoms with Crippen LogP contribution in [0.15, 0.2) is 34.8 Å². The number of thiazole rings is 1. The van der Waals surface area contributed by atoms with Crippen LogP contribution >= 0.6 is 23.6 Å². The minimum Gasteiger partial charge on any atom is -0.493 e. The van der Waals surface area contributed by atoms with Crippen molar-refractivity contribution < 1.29 is 9.68 Å². The van der Waals surface area contributed by atoms with Gasteiger partial charge < -0.3 is 5.11 Å². The molecule has 3 heterocycles. The Labute approximate surface area is 161 Å². The fourth-order valence-electron chi connectivity index (χ4n) is 3.52. The van der Waals surface area contributed by atoms with E-state index in [9.17, 15) is 5.11 Å². The van der Waals surface area contributed by atoms with Crippen molar-refractivity contribution in [3.05, 3.63) is 49.2 Å². The summed E-state index contributed by atoms with van der Waals surface area (Å²) in [4.78, 5) is 5.76. The third-order valence-electron chi connectivity index (χ3n) is 4.88. The van der Waals surface area contributed by atoms with Crippen molar-refractivity contribution in [3.63, 3.8) is 0 Å². The number of aromatic hydroxyl groups is 1. The zero-order valence-corrected chi connectivity index (χ0v) is 16.4. The highest BCUT2D eigenvalue weighted by molar-refractivity contribution is 7.73. The van der Waals surface area contributed by atoms with E-state index in [0.29, 0.717) is 10.5 Å². The predicted octanol–water partition coefficient (Wildman–Crippen LogP) is 3.10. The van der Waals surface area contributed by atoms with Crippen LogP contribution in [0.25, 0.3) is 12.2 Å². The lowest BCUT2D eigenvalue weighted by atomic mass is 10.1. The molecule has 0 bridgehead atoms. The van der Waals surface area contributed by atoms with Crippen molar-refractivity contribution >= 4 is 41.5 Å². The second-order valence-corrected chi connectivity index (χ2v) is 8.26. The van der Waals surface area contributed by atoms with E-state index in [1.54, 1.807) is 4.57 Å². The molecule has 0 saturated carbocycles. The normalized spacial score (nSPS) is 18.4. The number of hydrogen-bond acceptors (Lipinski definition) is 3. The van der Waals surface area contributed by atoms with Crippen molar-refractivity contribution in [2.24, 2.45) is 4.99 Å². The molecule has 1 aromatic heterocycles. The van der Waals surface area contributed by atoms with E-state index in [1.807, 2.05) is 25.1 Å². The number of piperidine rings is 1. The van der Waals surface area contributed by atoms with Crippen molar-refractivity contribution in [3.8, 4) is 5.88 Å². The molecular formula is C20H22N3OS2+. The van der Waals surface area contributed by atoms with Crippen LogP contribution in [0.5, 0.6) is 5.88 Å². The summed E-state index contributed by atoms with van der Waals surface area (Å²) in [5, 5.41) is 12.6. The van der Waals surface area contributed by atoms with Gasteiger partial charge in [0.2, 0.25) is 5.88 Å². The molecule has 0 aliphatic carbocycles. The molecule has 4 nitrogen and oxygen atoms in total. The summed E-state index contributed by atoms with van der Waals surface area (Å²) in [7, 11) is 0. The van der Waals surface area contributed by atoms with Crippen molar-refractivity contribution in [1.29, 1.82) is 0 Å². The number of hydrogen-bond donors (Lipinski definition) is 1. The van der Waals surface area contributed by atoms with E-state index >= 15 is 0 Å². The van der Waals surface area contributed by atoms with Crippen LogP contribution < -0.4 is 10.6 Å². The van der Waals surface area contributed by atoms with Crippen LogP contribution in [0.3, 0.4) is 0 Å². The Morgan fingerprint density at radius 1 is 1.27 bits per heavy atom. The zero-order chi connectivity index (χ0) is 18.1. The Morgan fingerprint density at radius 2 is 2.04 bits per heavy atom. The van der Waals surface area contributed by atoms with Gasteiger partial charge in [-0.2, -0.15) is 0 Å². The largest absolute Gasteiger partial charge is 0.493 e. The first-order chi connectivity index (χ1) is 12.7. The molecule has 26 heavy (non-hydrogen) atoms. The minimum atomic E-state index is 0.250. The second-order valence-electron chi connectivity index (χ2n) is 6.59. The molecule has 0 spiro atoms. The molecule has 0 atom stereocenters. The number of amidine groups is 1. The molecule has 1 fully saturated rings. The van der Waals surface area contributed by atoms with Crippen LogP contribution in [-0.4, -0.2) is 33.2 Å². The third kappa shape index (κ3) is 3.19. The quantitative estimate of drug-likeness (QED) is 0.638. The van der Waals surface area contributed by atoms with Crippen LogP contribution in [0.2, 0.25) is 0 Å². The van der Waals surface area contributed by atoms with Gasteiger partial charge in [-0.15, -0.1) is 11.3 Å². The Balaban J connectivity index is 1.92. The van der Waals surface area contributed by atoms with E-state index in [0.717, 1.165) is 40.0 Å². The number of nitrogens with zero attached hydrogens (tertiary/aromatic N) is 3. The van der Waals surface area contributed by atoms with Crippen molar-refractivity contribution in [1.82, 2.24) is 4.57 Å². The number of rotatable bonds is 2. The highest BCUT2D eigenvalue weighted by Crippen LogP contribution is 2.29. The summed E-state index contributed by atoms with van der Waals surface area (Å²) in [6.07, 6.45) is 7.88. The topological polar surface area (TPSA) is 40.5 Å². The van der Waals surface area contributed by atoms with Gasteiger partial charge in [-0.1, -0.05) is 18.2 Å². The predicted molar refractivity (Wildman–Crippen MR) is 109 cm³/mol. The van der Waals surface area contributed by atoms with Gasteiger partial charge in [-0.05, 0) is 61.6 Å². The van der Waals surface area contributed by atoms with Gasteiger partial charge in [0.15, 0.2) is 9.31 Å². The van der Waals surface area contributed by atoms with Crippen LogP contribution in [0.1, 0.15) is 31.1 Å². The van der Waals surface area contributed by atoms with Gasteiger partial charge in [0.25, 0.3) is 0 Å². The molecular weight excluding hydrogens is 362 g/mol. The van der Waals surface area contributed by atoms with Crippen molar-refractivity contribution in [2.45, 2.75) is 32.7 Å². The van der Waals surface area contributed by atoms with Crippen LogP contribution in [-0.2, 0) is 6.54 Å². The van der Waals surface area contributed by atoms with Gasteiger partial charge >= 0.3 is 5.84 Å². The molecule has 0 unspecified atom stereocenters. The minimum absolute atomic E-state index is 0.250. The first-order valence-electron chi connectivity index (χ1n) is 9.09. The van der Waals surface area contributed by atoms with Crippen molar-refractivity contribution in [2.75, 3.05) is 13.1 Å². The fraction of sp³-hybridized carbons (Fsp3) is 0.350. The van der Waals surface area contributed by atoms with E-state index in [2.05, 4.69) is 22.8 Å². The summed E-state index contributed by atoms with van der Waals surface area (Å²) in [5.74, 6) is 1.26. The molecule has 1 aromatic carbocycles. The SMILES string of the molecule is CCn1c(O)c(/C=C2\C=c3ccccc3=NC2=[N+]2CCCCC2)sc1=S. The number of aromatic nitrogens is 1. The zero-order valence-electron chi connectivity index (χ0n) is 14.8. The maximum atomic E-state index is 10.5. The standard InChI is InChI=1S/C20H21N3OS2/c1-2-23-19(24)17(26-20(23)25)13-15-12-14-8-4-5-9-16(14)21-18(15)22-10-6-3-7-11-22/h4-5,8-9,12-13H,2-3,6-7,10-11H2,1H3/p+1. The maximum absolute atomic E-state index is 10.5. The number of fused-ring (bicyclic) bond motifs is 1. The fourth-order valence-corrected chi connectivity index (χ4v) is 4.90. The van der Waals surface area contributed by atoms with E-state index < -0.39 is 0 Å². The summed E-state index contributed by atoms with van der Waals surface area (Å²) in [6, 6.07) is 8.20. The van der Waals surface area contributed by atoms with Gasteiger partial charge in [-0.25, -0.2) is 0 Å². The lowest BCUT2D eigenvalue weighted by Gasteiger charge is -2.15. The number of benzene rings is 1. The van der Waals surface area contributed by atoms with Gasteiger partial charge in [-0.3, -0.25) is 9.14 Å². The Hall–Kier alpha value is -2.05. The van der Waals surface area contributed by atoms with E-state index in [1.165, 1.54) is 30.6 Å². The molecule has 1 N–H and O–H groups in total. The summed E-state index contributed by atoms with van der Waals surface area (Å²) >= 11 is 6.83. The highest BCUT2D eigenvalue weighted by Gasteiger charge is 2.24. The molecule has 6 heteroatoms. The lowest BCUT2D eigenvalue weighted by molar-refractivity contribution is -0.537. The second kappa shape index (κ2) is 7.29. The molecule has 2 aliphatic heterocycles. The van der Waals surface area contributed by atoms with E-state index in [-0.39, 0.29) is 5.88 Å². The van der Waals surface area contributed by atoms with Gasteiger partial charge in [0.1, 0.15) is 0 Å². The highest BCUT2D eigenvalue weighted by atomic mass is 32.1. The molecule has 4 rings (SSSR count). The van der Waals surface area contributed by atoms with Crippen LogP contribution in [0.4, 0.5) is 0 Å². The summed E-state index contributed by atoms with van der Waals surface area (Å²) < 4.78 is 4.83. The molecule has 0 amide bonds. The average Bonchev–Trinajstić information content (AvgIpc) is 2.94. The van der Waals surface area contributed by atoms with Crippen LogP contribution in [0, 0.1) is 3.95 Å². The molecule has 134 valence electrons. The average molecular weight is 385 g/mol. The molecule has 0 radical (unpaired) electrons. The lowest BCUT2D eigenvalue weighted by Crippen LogP contribution is -2.35. The van der Waals surface area contributed by atoms with E-state index in [4.69, 9.17) is 17.2 Å². The maximum Gasteiger partial charge on any atom is 0.326 e.